The topological polar surface area (TPSA) is 27.1 Å². The third-order valence-corrected chi connectivity index (χ3v) is 4.55. The molecular weight excluding hydrogens is 286 g/mol. The van der Waals surface area contributed by atoms with Gasteiger partial charge in [0.1, 0.15) is 17.5 Å². The van der Waals surface area contributed by atoms with Gasteiger partial charge >= 0.3 is 0 Å². The normalized spacial score (nSPS) is 22.0. The van der Waals surface area contributed by atoms with Gasteiger partial charge in [-0.05, 0) is 44.2 Å². The Balaban J connectivity index is 1.95. The predicted octanol–water partition coefficient (Wildman–Crippen LogP) is 4.27. The first kappa shape index (κ1) is 15.2. The lowest BCUT2D eigenvalue weighted by molar-refractivity contribution is 0.0586. The van der Waals surface area contributed by atoms with Crippen LogP contribution in [0.4, 0.5) is 8.78 Å². The van der Waals surface area contributed by atoms with Crippen molar-refractivity contribution >= 4 is 0 Å². The summed E-state index contributed by atoms with van der Waals surface area (Å²) in [5.74, 6) is -0.723. The van der Waals surface area contributed by atoms with Crippen LogP contribution in [0.5, 0.6) is 0 Å². The van der Waals surface area contributed by atoms with Gasteiger partial charge in [-0.3, -0.25) is 0 Å². The fraction of sp³-hybridized carbons (Fsp3) is 0.471. The van der Waals surface area contributed by atoms with E-state index < -0.39 is 11.6 Å². The minimum atomic E-state index is -0.568. The van der Waals surface area contributed by atoms with Crippen molar-refractivity contribution < 1.29 is 13.5 Å². The zero-order valence-corrected chi connectivity index (χ0v) is 12.9. The Morgan fingerprint density at radius 1 is 1.18 bits per heavy atom. The van der Waals surface area contributed by atoms with Crippen molar-refractivity contribution in [1.82, 2.24) is 9.55 Å². The van der Waals surface area contributed by atoms with Crippen LogP contribution in [0.25, 0.3) is 11.4 Å². The molecule has 118 valence electrons. The molecule has 1 fully saturated rings. The Hall–Kier alpha value is -1.75. The summed E-state index contributed by atoms with van der Waals surface area (Å²) >= 11 is 0. The first-order valence-corrected chi connectivity index (χ1v) is 7.62. The van der Waals surface area contributed by atoms with Crippen LogP contribution in [0.2, 0.25) is 0 Å². The van der Waals surface area contributed by atoms with E-state index in [0.29, 0.717) is 11.4 Å². The molecule has 3 rings (SSSR count). The third kappa shape index (κ3) is 2.65. The summed E-state index contributed by atoms with van der Waals surface area (Å²) in [6.07, 6.45) is 7.48. The van der Waals surface area contributed by atoms with Gasteiger partial charge in [-0.2, -0.15) is 0 Å². The molecule has 0 N–H and O–H groups in total. The van der Waals surface area contributed by atoms with Crippen LogP contribution in [-0.2, 0) is 4.74 Å². The zero-order valence-electron chi connectivity index (χ0n) is 12.9. The highest BCUT2D eigenvalue weighted by Crippen LogP contribution is 2.34. The van der Waals surface area contributed by atoms with Crippen LogP contribution in [0.15, 0.2) is 24.5 Å². The van der Waals surface area contributed by atoms with E-state index in [0.717, 1.165) is 25.7 Å². The summed E-state index contributed by atoms with van der Waals surface area (Å²) in [5.41, 5.74) is 0.396. The van der Waals surface area contributed by atoms with Crippen molar-refractivity contribution in [2.75, 3.05) is 7.11 Å². The highest BCUT2D eigenvalue weighted by molar-refractivity contribution is 5.59. The van der Waals surface area contributed by atoms with Crippen LogP contribution in [0.1, 0.15) is 37.3 Å². The van der Waals surface area contributed by atoms with Crippen molar-refractivity contribution in [3.63, 3.8) is 0 Å². The van der Waals surface area contributed by atoms with E-state index in [-0.39, 0.29) is 17.7 Å². The molecule has 1 aromatic heterocycles. The van der Waals surface area contributed by atoms with E-state index in [2.05, 4.69) is 4.98 Å². The molecule has 0 bridgehead atoms. The fourth-order valence-electron chi connectivity index (χ4n) is 3.22. The fourth-order valence-corrected chi connectivity index (χ4v) is 3.22. The van der Waals surface area contributed by atoms with Crippen molar-refractivity contribution in [1.29, 1.82) is 0 Å². The van der Waals surface area contributed by atoms with Crippen LogP contribution >= 0.6 is 0 Å². The molecule has 0 spiro atoms. The van der Waals surface area contributed by atoms with E-state index in [9.17, 15) is 8.78 Å². The second-order valence-electron chi connectivity index (χ2n) is 5.88. The third-order valence-electron chi connectivity index (χ3n) is 4.55. The quantitative estimate of drug-likeness (QED) is 0.847. The molecule has 1 saturated carbocycles. The number of imidazole rings is 1. The van der Waals surface area contributed by atoms with Crippen LogP contribution < -0.4 is 0 Å². The molecule has 0 atom stereocenters. The summed E-state index contributed by atoms with van der Waals surface area (Å²) in [6.45, 7) is 1.63. The first-order valence-electron chi connectivity index (χ1n) is 7.62. The highest BCUT2D eigenvalue weighted by atomic mass is 19.1. The minimum Gasteiger partial charge on any atom is -0.381 e. The Bertz CT molecular complexity index is 661. The van der Waals surface area contributed by atoms with Gasteiger partial charge in [0.25, 0.3) is 0 Å². The standard InChI is InChI=1S/C17H20F2N2O/c1-11-3-8-14(18)15(16(11)19)17-20-9-10-21(17)12-4-6-13(22-2)7-5-12/h3,8-10,12-13H,4-7H2,1-2H3. The van der Waals surface area contributed by atoms with Crippen LogP contribution in [0, 0.1) is 18.6 Å². The number of benzene rings is 1. The maximum Gasteiger partial charge on any atom is 0.146 e. The Labute approximate surface area is 128 Å². The van der Waals surface area contributed by atoms with E-state index >= 15 is 0 Å². The van der Waals surface area contributed by atoms with Gasteiger partial charge in [-0.25, -0.2) is 13.8 Å². The Morgan fingerprint density at radius 3 is 2.59 bits per heavy atom. The monoisotopic (exact) mass is 306 g/mol. The summed E-state index contributed by atoms with van der Waals surface area (Å²) in [4.78, 5) is 4.22. The molecule has 1 aliphatic rings. The van der Waals surface area contributed by atoms with E-state index in [1.165, 1.54) is 12.1 Å². The molecule has 1 aliphatic carbocycles. The summed E-state index contributed by atoms with van der Waals surface area (Å²) in [7, 11) is 1.73. The average molecular weight is 306 g/mol. The van der Waals surface area contributed by atoms with Crippen LogP contribution in [0.3, 0.4) is 0 Å². The molecule has 0 aliphatic heterocycles. The zero-order chi connectivity index (χ0) is 15.7. The number of aromatic nitrogens is 2. The first-order chi connectivity index (χ1) is 10.6. The molecule has 5 heteroatoms. The Morgan fingerprint density at radius 2 is 1.91 bits per heavy atom. The number of ether oxygens (including phenoxy) is 1. The molecular formula is C17H20F2N2O. The minimum absolute atomic E-state index is 0.0288. The maximum atomic E-state index is 14.4. The lowest BCUT2D eigenvalue weighted by Gasteiger charge is -2.29. The number of rotatable bonds is 3. The SMILES string of the molecule is COC1CCC(n2ccnc2-c2c(F)ccc(C)c2F)CC1. The number of aryl methyl sites for hydroxylation is 1. The van der Waals surface area contributed by atoms with Gasteiger partial charge in [0.05, 0.1) is 11.7 Å². The van der Waals surface area contributed by atoms with Crippen LogP contribution in [-0.4, -0.2) is 22.8 Å². The van der Waals surface area contributed by atoms with Gasteiger partial charge in [0, 0.05) is 25.5 Å². The maximum absolute atomic E-state index is 14.4. The van der Waals surface area contributed by atoms with Gasteiger partial charge in [0.2, 0.25) is 0 Å². The molecule has 2 aromatic rings. The Kier molecular flexibility index (Phi) is 4.25. The average Bonchev–Trinajstić information content (AvgIpc) is 3.01. The van der Waals surface area contributed by atoms with E-state index in [1.807, 2.05) is 10.8 Å². The smallest absolute Gasteiger partial charge is 0.146 e. The largest absolute Gasteiger partial charge is 0.381 e. The van der Waals surface area contributed by atoms with Crippen molar-refractivity contribution in [2.24, 2.45) is 0 Å². The van der Waals surface area contributed by atoms with Crippen molar-refractivity contribution in [2.45, 2.75) is 44.8 Å². The summed E-state index contributed by atoms with van der Waals surface area (Å²) in [5, 5.41) is 0. The summed E-state index contributed by atoms with van der Waals surface area (Å²) in [6, 6.07) is 2.96. The second kappa shape index (κ2) is 6.16. The number of halogens is 2. The second-order valence-corrected chi connectivity index (χ2v) is 5.88. The highest BCUT2D eigenvalue weighted by Gasteiger charge is 2.26. The predicted molar refractivity (Wildman–Crippen MR) is 80.6 cm³/mol. The molecule has 1 aromatic carbocycles. The van der Waals surface area contributed by atoms with Crippen molar-refractivity contribution in [3.8, 4) is 11.4 Å². The summed E-state index contributed by atoms with van der Waals surface area (Å²) < 4.78 is 35.8. The lowest BCUT2D eigenvalue weighted by atomic mass is 9.92. The molecule has 3 nitrogen and oxygen atoms in total. The molecule has 1 heterocycles. The van der Waals surface area contributed by atoms with Gasteiger partial charge in [-0.1, -0.05) is 6.07 Å². The van der Waals surface area contributed by atoms with Gasteiger partial charge < -0.3 is 9.30 Å². The number of hydrogen-bond acceptors (Lipinski definition) is 2. The molecule has 0 amide bonds. The van der Waals surface area contributed by atoms with E-state index in [1.54, 1.807) is 20.2 Å². The molecule has 0 unspecified atom stereocenters. The van der Waals surface area contributed by atoms with E-state index in [4.69, 9.17) is 4.74 Å². The van der Waals surface area contributed by atoms with Gasteiger partial charge in [-0.15, -0.1) is 0 Å². The number of hydrogen-bond donors (Lipinski definition) is 0. The van der Waals surface area contributed by atoms with Crippen molar-refractivity contribution in [3.05, 3.63) is 41.7 Å². The lowest BCUT2D eigenvalue weighted by Crippen LogP contribution is -2.23. The number of nitrogens with zero attached hydrogens (tertiary/aromatic N) is 2. The van der Waals surface area contributed by atoms with Gasteiger partial charge in [0.15, 0.2) is 0 Å². The number of methoxy groups -OCH3 is 1. The molecule has 0 saturated heterocycles. The molecule has 0 radical (unpaired) electrons. The molecule has 22 heavy (non-hydrogen) atoms.